The second-order valence-corrected chi connectivity index (χ2v) is 10.8. The minimum absolute atomic E-state index is 0.113. The van der Waals surface area contributed by atoms with E-state index in [4.69, 9.17) is 32.1 Å². The van der Waals surface area contributed by atoms with Gasteiger partial charge in [-0.05, 0) is 66.8 Å². The van der Waals surface area contributed by atoms with Gasteiger partial charge in [-0.3, -0.25) is 0 Å². The van der Waals surface area contributed by atoms with Gasteiger partial charge in [-0.2, -0.15) is 0 Å². The van der Waals surface area contributed by atoms with Gasteiger partial charge in [0.25, 0.3) is 0 Å². The van der Waals surface area contributed by atoms with E-state index >= 15 is 0 Å². The van der Waals surface area contributed by atoms with Crippen LogP contribution >= 0.6 is 23.2 Å². The van der Waals surface area contributed by atoms with Gasteiger partial charge < -0.3 is 14.3 Å². The zero-order chi connectivity index (χ0) is 23.7. The summed E-state index contributed by atoms with van der Waals surface area (Å²) in [6, 6.07) is 17.5. The number of benzene rings is 2. The average molecular weight is 518 g/mol. The third-order valence-corrected chi connectivity index (χ3v) is 7.92. The monoisotopic (exact) mass is 517 g/mol. The summed E-state index contributed by atoms with van der Waals surface area (Å²) in [4.78, 5) is 0.125. The minimum Gasteiger partial charge on any atom is -0.461 e. The molecule has 0 atom stereocenters. The summed E-state index contributed by atoms with van der Waals surface area (Å²) in [5.74, 6) is 1.43. The van der Waals surface area contributed by atoms with Gasteiger partial charge in [0.2, 0.25) is 15.8 Å². The van der Waals surface area contributed by atoms with Crippen molar-refractivity contribution < 1.29 is 17.4 Å². The van der Waals surface area contributed by atoms with Crippen molar-refractivity contribution in [2.75, 3.05) is 5.32 Å². The van der Waals surface area contributed by atoms with Gasteiger partial charge in [0.05, 0.1) is 28.4 Å². The molecule has 0 spiro atoms. The first-order chi connectivity index (χ1) is 16.4. The summed E-state index contributed by atoms with van der Waals surface area (Å²) >= 11 is 12.3. The Morgan fingerprint density at radius 2 is 1.79 bits per heavy atom. The van der Waals surface area contributed by atoms with Crippen LogP contribution in [0.3, 0.4) is 0 Å². The van der Waals surface area contributed by atoms with Crippen LogP contribution in [0.4, 0.5) is 5.69 Å². The molecule has 0 unspecified atom stereocenters. The second kappa shape index (κ2) is 9.46. The Hall–Kier alpha value is -2.78. The highest BCUT2D eigenvalue weighted by Gasteiger charge is 2.33. The standard InChI is InChI=1S/C24H21Cl2N3O4S/c25-17-5-3-15(4-6-17)16-10-18(11-16)29-34(30,31)20-7-8-22(21(26)13-20)27-14-19-12-24(33-28-19)23-2-1-9-32-23/h1-9,12-13,16,18,27,29H,10-11,14H2. The molecule has 2 aromatic heterocycles. The lowest BCUT2D eigenvalue weighted by Gasteiger charge is -2.36. The minimum atomic E-state index is -3.68. The maximum Gasteiger partial charge on any atom is 0.240 e. The SMILES string of the molecule is O=S(=O)(NC1CC(c2ccc(Cl)cc2)C1)c1ccc(NCc2cc(-c3ccco3)on2)c(Cl)c1. The molecule has 1 saturated carbocycles. The molecule has 1 aliphatic rings. The fourth-order valence-electron chi connectivity index (χ4n) is 3.93. The summed E-state index contributed by atoms with van der Waals surface area (Å²) in [5.41, 5.74) is 2.41. The summed E-state index contributed by atoms with van der Waals surface area (Å²) < 4.78 is 39.0. The first-order valence-electron chi connectivity index (χ1n) is 10.7. The van der Waals surface area contributed by atoms with Crippen molar-refractivity contribution in [2.45, 2.75) is 36.2 Å². The maximum atomic E-state index is 12.8. The number of sulfonamides is 1. The van der Waals surface area contributed by atoms with Crippen LogP contribution < -0.4 is 10.0 Å². The van der Waals surface area contributed by atoms with Gasteiger partial charge in [-0.25, -0.2) is 13.1 Å². The molecular weight excluding hydrogens is 497 g/mol. The average Bonchev–Trinajstić information content (AvgIpc) is 3.48. The van der Waals surface area contributed by atoms with Gasteiger partial charge in [0.1, 0.15) is 5.69 Å². The highest BCUT2D eigenvalue weighted by atomic mass is 35.5. The van der Waals surface area contributed by atoms with Crippen molar-refractivity contribution in [3.8, 4) is 11.5 Å². The molecule has 1 aliphatic carbocycles. The number of furan rings is 1. The van der Waals surface area contributed by atoms with Crippen LogP contribution in [0.15, 0.2) is 80.8 Å². The highest BCUT2D eigenvalue weighted by molar-refractivity contribution is 7.89. The number of aromatic nitrogens is 1. The van der Waals surface area contributed by atoms with Crippen molar-refractivity contribution in [3.63, 3.8) is 0 Å². The zero-order valence-electron chi connectivity index (χ0n) is 17.9. The Balaban J connectivity index is 1.18. The molecular formula is C24H21Cl2N3O4S. The van der Waals surface area contributed by atoms with E-state index in [0.717, 1.165) is 12.8 Å². The third-order valence-electron chi connectivity index (χ3n) is 5.84. The molecule has 10 heteroatoms. The lowest BCUT2D eigenvalue weighted by molar-refractivity contribution is 0.326. The van der Waals surface area contributed by atoms with Crippen LogP contribution in [0, 0.1) is 0 Å². The smallest absolute Gasteiger partial charge is 0.240 e. The van der Waals surface area contributed by atoms with Crippen molar-refractivity contribution in [1.82, 2.24) is 9.88 Å². The normalized spacial score (nSPS) is 17.9. The first-order valence-corrected chi connectivity index (χ1v) is 12.9. The van der Waals surface area contributed by atoms with E-state index in [9.17, 15) is 8.42 Å². The Morgan fingerprint density at radius 3 is 2.50 bits per heavy atom. The second-order valence-electron chi connectivity index (χ2n) is 8.19. The fourth-order valence-corrected chi connectivity index (χ4v) is 5.66. The molecule has 1 fully saturated rings. The first kappa shape index (κ1) is 23.0. The lowest BCUT2D eigenvalue weighted by Crippen LogP contribution is -2.43. The topological polar surface area (TPSA) is 97.4 Å². The number of hydrogen-bond acceptors (Lipinski definition) is 6. The van der Waals surface area contributed by atoms with E-state index in [-0.39, 0.29) is 10.9 Å². The molecule has 5 rings (SSSR count). The number of halogens is 2. The predicted octanol–water partition coefficient (Wildman–Crippen LogP) is 6.08. The Labute approximate surface area is 207 Å². The molecule has 0 bridgehead atoms. The van der Waals surface area contributed by atoms with Crippen LogP contribution in [-0.2, 0) is 16.6 Å². The van der Waals surface area contributed by atoms with Crippen LogP contribution in [0.5, 0.6) is 0 Å². The van der Waals surface area contributed by atoms with E-state index < -0.39 is 10.0 Å². The van der Waals surface area contributed by atoms with Gasteiger partial charge in [-0.15, -0.1) is 0 Å². The van der Waals surface area contributed by atoms with Gasteiger partial charge in [-0.1, -0.05) is 40.5 Å². The molecule has 176 valence electrons. The number of hydrogen-bond donors (Lipinski definition) is 2. The summed E-state index contributed by atoms with van der Waals surface area (Å²) in [7, 11) is -3.68. The number of rotatable bonds is 8. The van der Waals surface area contributed by atoms with E-state index in [1.165, 1.54) is 17.7 Å². The molecule has 0 amide bonds. The largest absolute Gasteiger partial charge is 0.461 e. The van der Waals surface area contributed by atoms with Gasteiger partial charge in [0.15, 0.2) is 5.76 Å². The van der Waals surface area contributed by atoms with E-state index in [0.29, 0.717) is 45.4 Å². The van der Waals surface area contributed by atoms with Crippen LogP contribution in [0.25, 0.3) is 11.5 Å². The van der Waals surface area contributed by atoms with Crippen LogP contribution in [0.1, 0.15) is 30.0 Å². The fraction of sp³-hybridized carbons (Fsp3) is 0.208. The van der Waals surface area contributed by atoms with Crippen LogP contribution in [0.2, 0.25) is 10.0 Å². The molecule has 2 heterocycles. The van der Waals surface area contributed by atoms with Crippen molar-refractivity contribution in [3.05, 3.63) is 88.2 Å². The molecule has 7 nitrogen and oxygen atoms in total. The van der Waals surface area contributed by atoms with E-state index in [1.54, 1.807) is 30.5 Å². The number of nitrogens with one attached hydrogen (secondary N) is 2. The lowest BCUT2D eigenvalue weighted by atomic mass is 9.76. The van der Waals surface area contributed by atoms with Crippen molar-refractivity contribution in [2.24, 2.45) is 0 Å². The molecule has 0 aliphatic heterocycles. The van der Waals surface area contributed by atoms with Crippen molar-refractivity contribution >= 4 is 38.9 Å². The number of nitrogens with zero attached hydrogens (tertiary/aromatic N) is 1. The zero-order valence-corrected chi connectivity index (χ0v) is 20.2. The summed E-state index contributed by atoms with van der Waals surface area (Å²) in [5, 5.41) is 8.14. The third kappa shape index (κ3) is 5.00. The van der Waals surface area contributed by atoms with Crippen molar-refractivity contribution in [1.29, 1.82) is 0 Å². The summed E-state index contributed by atoms with van der Waals surface area (Å²) in [6.45, 7) is 0.350. The Bertz CT molecular complexity index is 1380. The molecule has 2 aromatic carbocycles. The highest BCUT2D eigenvalue weighted by Crippen LogP contribution is 2.38. The quantitative estimate of drug-likeness (QED) is 0.294. The van der Waals surface area contributed by atoms with E-state index in [2.05, 4.69) is 15.2 Å². The maximum absolute atomic E-state index is 12.8. The predicted molar refractivity (Wildman–Crippen MR) is 131 cm³/mol. The van der Waals surface area contributed by atoms with Gasteiger partial charge >= 0.3 is 0 Å². The molecule has 4 aromatic rings. The molecule has 0 saturated heterocycles. The Morgan fingerprint density at radius 1 is 1.00 bits per heavy atom. The Kier molecular flexibility index (Phi) is 6.40. The molecule has 0 radical (unpaired) electrons. The number of anilines is 1. The molecule has 2 N–H and O–H groups in total. The van der Waals surface area contributed by atoms with Gasteiger partial charge in [0, 0.05) is 17.1 Å². The van der Waals surface area contributed by atoms with Crippen LogP contribution in [-0.4, -0.2) is 19.6 Å². The summed E-state index contributed by atoms with van der Waals surface area (Å²) in [6.07, 6.45) is 3.04. The van der Waals surface area contributed by atoms with E-state index in [1.807, 2.05) is 24.3 Å². The molecule has 34 heavy (non-hydrogen) atoms.